The molecule has 0 unspecified atom stereocenters. The molecule has 3 aromatic heterocycles. The molecule has 2 aromatic carbocycles. The van der Waals surface area contributed by atoms with Gasteiger partial charge in [0.1, 0.15) is 28.8 Å². The van der Waals surface area contributed by atoms with Crippen molar-refractivity contribution in [3.8, 4) is 22.7 Å². The number of hydrogen-bond donors (Lipinski definition) is 2. The van der Waals surface area contributed by atoms with Gasteiger partial charge in [-0.1, -0.05) is 6.07 Å². The van der Waals surface area contributed by atoms with Gasteiger partial charge in [0.15, 0.2) is 5.82 Å². The van der Waals surface area contributed by atoms with Crippen LogP contribution >= 0.6 is 0 Å². The van der Waals surface area contributed by atoms with Gasteiger partial charge in [-0.05, 0) is 61.5 Å². The number of benzene rings is 2. The Balaban J connectivity index is 1.26. The Labute approximate surface area is 252 Å². The summed E-state index contributed by atoms with van der Waals surface area (Å²) in [6.45, 7) is 4.39. The molecule has 4 heterocycles. The van der Waals surface area contributed by atoms with Crippen molar-refractivity contribution in [2.45, 2.75) is 6.92 Å². The zero-order valence-corrected chi connectivity index (χ0v) is 24.4. The van der Waals surface area contributed by atoms with E-state index in [1.807, 2.05) is 37.3 Å². The zero-order valence-electron chi connectivity index (χ0n) is 24.4. The molecule has 1 fully saturated rings. The van der Waals surface area contributed by atoms with E-state index in [-0.39, 0.29) is 17.3 Å². The van der Waals surface area contributed by atoms with E-state index in [4.69, 9.17) is 19.1 Å². The minimum Gasteiger partial charge on any atom is -0.461 e. The molecule has 0 bridgehead atoms. The van der Waals surface area contributed by atoms with Gasteiger partial charge in [0.25, 0.3) is 5.91 Å². The van der Waals surface area contributed by atoms with Crippen LogP contribution in [0.5, 0.6) is 0 Å². The lowest BCUT2D eigenvalue weighted by molar-refractivity contribution is 0.0822. The maximum atomic E-state index is 15.3. The van der Waals surface area contributed by atoms with Crippen LogP contribution in [0.4, 0.5) is 26.4 Å². The third kappa shape index (κ3) is 6.06. The normalized spacial score (nSPS) is 13.1. The number of rotatable bonds is 6. The predicted octanol–water partition coefficient (Wildman–Crippen LogP) is 5.58. The Morgan fingerprint density at radius 2 is 1.73 bits per heavy atom. The molecule has 0 radical (unpaired) electrons. The molecule has 0 saturated carbocycles. The van der Waals surface area contributed by atoms with E-state index in [0.717, 1.165) is 28.3 Å². The van der Waals surface area contributed by atoms with E-state index >= 15 is 4.39 Å². The maximum Gasteiger partial charge on any atom is 0.323 e. The highest BCUT2D eigenvalue weighted by Crippen LogP contribution is 2.33. The molecule has 2 N–H and O–H groups in total. The third-order valence-corrected chi connectivity index (χ3v) is 7.13. The standard InChI is InChI=1S/C32H30FN7O4/c1-19-4-11-28(44-19)20-5-8-23-27(17-20)36-29(38-30(23)40-12-14-43-15-13-40)21-6-9-25(24(33)16-21)37-32(42)35-22-7-10-26(34-18-22)31(41)39(2)3/h4-11,16-18H,12-15H2,1-3H3,(H2,35,37,42). The molecule has 0 aliphatic carbocycles. The number of fused-ring (bicyclic) bond motifs is 1. The van der Waals surface area contributed by atoms with Crippen molar-refractivity contribution < 1.29 is 23.1 Å². The zero-order chi connectivity index (χ0) is 30.8. The van der Waals surface area contributed by atoms with Gasteiger partial charge < -0.3 is 29.6 Å². The van der Waals surface area contributed by atoms with Crippen molar-refractivity contribution in [1.29, 1.82) is 0 Å². The van der Waals surface area contributed by atoms with Crippen molar-refractivity contribution in [2.75, 3.05) is 55.9 Å². The summed E-state index contributed by atoms with van der Waals surface area (Å²) in [7, 11) is 3.25. The first kappa shape index (κ1) is 28.7. The predicted molar refractivity (Wildman–Crippen MR) is 165 cm³/mol. The van der Waals surface area contributed by atoms with Gasteiger partial charge in [0.05, 0.1) is 36.3 Å². The number of aryl methyl sites for hydroxylation is 1. The number of aromatic nitrogens is 3. The highest BCUT2D eigenvalue weighted by Gasteiger charge is 2.20. The van der Waals surface area contributed by atoms with E-state index in [1.165, 1.54) is 29.3 Å². The van der Waals surface area contributed by atoms with Crippen molar-refractivity contribution in [2.24, 2.45) is 0 Å². The Morgan fingerprint density at radius 1 is 0.932 bits per heavy atom. The summed E-state index contributed by atoms with van der Waals surface area (Å²) in [4.78, 5) is 41.9. The number of hydrogen-bond acceptors (Lipinski definition) is 8. The van der Waals surface area contributed by atoms with Crippen LogP contribution in [0.2, 0.25) is 0 Å². The Hall–Kier alpha value is -5.36. The topological polar surface area (TPSA) is 126 Å². The van der Waals surface area contributed by atoms with Crippen LogP contribution in [0.3, 0.4) is 0 Å². The summed E-state index contributed by atoms with van der Waals surface area (Å²) < 4.78 is 26.7. The van der Waals surface area contributed by atoms with Crippen LogP contribution in [0.25, 0.3) is 33.6 Å². The number of halogens is 1. The Kier molecular flexibility index (Phi) is 7.90. The van der Waals surface area contributed by atoms with Gasteiger partial charge in [0, 0.05) is 43.7 Å². The molecule has 0 atom stereocenters. The van der Waals surface area contributed by atoms with Crippen LogP contribution in [0.15, 0.2) is 71.3 Å². The minimum absolute atomic E-state index is 0.0247. The Morgan fingerprint density at radius 3 is 2.41 bits per heavy atom. The van der Waals surface area contributed by atoms with Crippen molar-refractivity contribution in [1.82, 2.24) is 19.9 Å². The van der Waals surface area contributed by atoms with E-state index in [1.54, 1.807) is 26.2 Å². The molecule has 44 heavy (non-hydrogen) atoms. The second-order valence-electron chi connectivity index (χ2n) is 10.5. The molecular formula is C32H30FN7O4. The summed E-state index contributed by atoms with van der Waals surface area (Å²) in [6, 6.07) is 16.5. The van der Waals surface area contributed by atoms with Gasteiger partial charge in [-0.2, -0.15) is 0 Å². The number of urea groups is 1. The number of carbonyl (C=O) groups excluding carboxylic acids is 2. The first-order valence-corrected chi connectivity index (χ1v) is 14.0. The minimum atomic E-state index is -0.664. The SMILES string of the molecule is Cc1ccc(-c2ccc3c(N4CCOCC4)nc(-c4ccc(NC(=O)Nc5ccc(C(=O)N(C)C)nc5)c(F)c4)nc3c2)o1. The molecule has 1 aliphatic rings. The average Bonchev–Trinajstić information content (AvgIpc) is 3.47. The fourth-order valence-corrected chi connectivity index (χ4v) is 4.86. The molecule has 3 amide bonds. The molecule has 1 saturated heterocycles. The number of nitrogens with one attached hydrogen (secondary N) is 2. The fraction of sp³-hybridized carbons (Fsp3) is 0.219. The molecule has 11 nitrogen and oxygen atoms in total. The van der Waals surface area contributed by atoms with Gasteiger partial charge in [-0.3, -0.25) is 4.79 Å². The first-order chi connectivity index (χ1) is 21.2. The van der Waals surface area contributed by atoms with Crippen LogP contribution in [-0.2, 0) is 4.74 Å². The summed E-state index contributed by atoms with van der Waals surface area (Å²) in [6.07, 6.45) is 1.36. The average molecular weight is 596 g/mol. The molecule has 5 aromatic rings. The van der Waals surface area contributed by atoms with Crippen molar-refractivity contribution >= 4 is 40.0 Å². The molecule has 6 rings (SSSR count). The molecule has 12 heteroatoms. The van der Waals surface area contributed by atoms with Gasteiger partial charge in [-0.25, -0.2) is 24.1 Å². The van der Waals surface area contributed by atoms with Crippen LogP contribution in [-0.4, -0.2) is 72.2 Å². The number of nitrogens with zero attached hydrogens (tertiary/aromatic N) is 5. The molecular weight excluding hydrogens is 565 g/mol. The lowest BCUT2D eigenvalue weighted by atomic mass is 10.1. The number of furan rings is 1. The quantitative estimate of drug-likeness (QED) is 0.261. The van der Waals surface area contributed by atoms with Crippen LogP contribution in [0.1, 0.15) is 16.2 Å². The fourth-order valence-electron chi connectivity index (χ4n) is 4.86. The number of pyridine rings is 1. The second kappa shape index (κ2) is 12.1. The second-order valence-corrected chi connectivity index (χ2v) is 10.5. The lowest BCUT2D eigenvalue weighted by Crippen LogP contribution is -2.37. The number of carbonyl (C=O) groups is 2. The lowest BCUT2D eigenvalue weighted by Gasteiger charge is -2.29. The largest absolute Gasteiger partial charge is 0.461 e. The highest BCUT2D eigenvalue weighted by atomic mass is 19.1. The third-order valence-electron chi connectivity index (χ3n) is 7.13. The van der Waals surface area contributed by atoms with E-state index in [9.17, 15) is 9.59 Å². The first-order valence-electron chi connectivity index (χ1n) is 14.0. The van der Waals surface area contributed by atoms with Gasteiger partial charge in [-0.15, -0.1) is 0 Å². The summed E-state index contributed by atoms with van der Waals surface area (Å²) in [5.41, 5.74) is 2.57. The number of amides is 3. The summed E-state index contributed by atoms with van der Waals surface area (Å²) in [5, 5.41) is 5.97. The number of morpholine rings is 1. The maximum absolute atomic E-state index is 15.3. The smallest absolute Gasteiger partial charge is 0.323 e. The van der Waals surface area contributed by atoms with Crippen molar-refractivity contribution in [3.05, 3.63) is 84.1 Å². The monoisotopic (exact) mass is 595 g/mol. The number of anilines is 3. The summed E-state index contributed by atoms with van der Waals surface area (Å²) in [5.74, 6) is 1.71. The van der Waals surface area contributed by atoms with Gasteiger partial charge >= 0.3 is 6.03 Å². The van der Waals surface area contributed by atoms with E-state index < -0.39 is 11.8 Å². The summed E-state index contributed by atoms with van der Waals surface area (Å²) >= 11 is 0. The highest BCUT2D eigenvalue weighted by molar-refractivity contribution is 6.00. The van der Waals surface area contributed by atoms with Gasteiger partial charge in [0.2, 0.25) is 0 Å². The van der Waals surface area contributed by atoms with Crippen molar-refractivity contribution in [3.63, 3.8) is 0 Å². The molecule has 0 spiro atoms. The Bertz CT molecular complexity index is 1850. The molecule has 224 valence electrons. The van der Waals surface area contributed by atoms with E-state index in [2.05, 4.69) is 20.5 Å². The van der Waals surface area contributed by atoms with Crippen LogP contribution < -0.4 is 15.5 Å². The van der Waals surface area contributed by atoms with E-state index in [0.29, 0.717) is 48.9 Å². The number of ether oxygens (including phenoxy) is 1. The van der Waals surface area contributed by atoms with Crippen LogP contribution in [0, 0.1) is 12.7 Å². The molecule has 1 aliphatic heterocycles.